The van der Waals surface area contributed by atoms with E-state index in [-0.39, 0.29) is 21.3 Å². The molecule has 0 amide bonds. The average Bonchev–Trinajstić information content (AvgIpc) is 1.71. The second-order valence-electron chi connectivity index (χ2n) is 0.750. The first kappa shape index (κ1) is 10.7. The van der Waals surface area contributed by atoms with Gasteiger partial charge >= 0.3 is 0 Å². The highest BCUT2D eigenvalue weighted by molar-refractivity contribution is 7.37. The summed E-state index contributed by atoms with van der Waals surface area (Å²) in [5, 5.41) is 24.1. The predicted octanol–water partition coefficient (Wildman–Crippen LogP) is -2.34. The first-order chi connectivity index (χ1) is 3.83. The molecular formula is C3H9O4P. The van der Waals surface area contributed by atoms with Gasteiger partial charge in [0.1, 0.15) is 0 Å². The normalized spacial score (nSPS) is 6.75. The average molecular weight is 140 g/mol. The van der Waals surface area contributed by atoms with Gasteiger partial charge in [-0.05, 0) is 0 Å². The molecule has 0 saturated carbocycles. The minimum absolute atomic E-state index is 0.0741. The minimum atomic E-state index is -0.500. The van der Waals surface area contributed by atoms with Crippen molar-refractivity contribution in [3.05, 3.63) is 0 Å². The molecule has 0 aromatic heterocycles. The Labute approximate surface area is 48.9 Å². The van der Waals surface area contributed by atoms with E-state index < -0.39 is 6.47 Å². The monoisotopic (exact) mass is 140 g/mol. The van der Waals surface area contributed by atoms with Crippen LogP contribution in [0.1, 0.15) is 0 Å². The summed E-state index contributed by atoms with van der Waals surface area (Å²) in [4.78, 5) is 8.25. The van der Waals surface area contributed by atoms with E-state index in [9.17, 15) is 0 Å². The smallest absolute Gasteiger partial charge is 0.151 e. The SMILES string of the molecule is O=C[O-].OC[PH2+]CO. The number of carboxylic acid groups (broad SMARTS) is 1. The van der Waals surface area contributed by atoms with E-state index in [1.165, 1.54) is 0 Å². The molecule has 0 radical (unpaired) electrons. The number of hydrogen-bond acceptors (Lipinski definition) is 4. The molecule has 0 atom stereocenters. The van der Waals surface area contributed by atoms with Gasteiger partial charge < -0.3 is 20.1 Å². The molecule has 0 saturated heterocycles. The highest BCUT2D eigenvalue weighted by Gasteiger charge is 1.78. The van der Waals surface area contributed by atoms with Crippen LogP contribution >= 0.6 is 8.58 Å². The van der Waals surface area contributed by atoms with Crippen molar-refractivity contribution in [2.24, 2.45) is 0 Å². The molecule has 0 spiro atoms. The third kappa shape index (κ3) is 40.8. The molecule has 0 heterocycles. The fourth-order valence-corrected chi connectivity index (χ4v) is 0.173. The first-order valence-electron chi connectivity index (χ1n) is 1.92. The Morgan fingerprint density at radius 3 is 1.75 bits per heavy atom. The van der Waals surface area contributed by atoms with Crippen LogP contribution in [0, 0.1) is 0 Å². The maximum atomic E-state index is 8.25. The van der Waals surface area contributed by atoms with Gasteiger partial charge in [-0.25, -0.2) is 0 Å². The Balaban J connectivity index is 0. The van der Waals surface area contributed by atoms with Gasteiger partial charge in [0, 0.05) is 15.1 Å². The van der Waals surface area contributed by atoms with Crippen molar-refractivity contribution in [1.82, 2.24) is 0 Å². The second kappa shape index (κ2) is 15.8. The Hall–Kier alpha value is -0.180. The van der Waals surface area contributed by atoms with E-state index in [0.717, 1.165) is 0 Å². The van der Waals surface area contributed by atoms with Gasteiger partial charge in [-0.1, -0.05) is 0 Å². The molecule has 0 aliphatic rings. The molecule has 8 heavy (non-hydrogen) atoms. The lowest BCUT2D eigenvalue weighted by Gasteiger charge is -1.72. The lowest BCUT2D eigenvalue weighted by molar-refractivity contribution is -0.283. The Bertz CT molecular complexity index is 38.3. The largest absolute Gasteiger partial charge is 0.554 e. The molecule has 5 heteroatoms. The molecule has 0 fully saturated rings. The zero-order chi connectivity index (χ0) is 6.83. The highest BCUT2D eigenvalue weighted by atomic mass is 31.1. The standard InChI is InChI=1S/C2H7O2P.CH2O2/c3-1-5-2-4;2-1-3/h3-5H,1-2H2;1H,(H,2,3). The number of carbonyl (C=O) groups excluding carboxylic acids is 1. The summed E-state index contributed by atoms with van der Waals surface area (Å²) < 4.78 is 0. The fraction of sp³-hybridized carbons (Fsp3) is 0.667. The fourth-order valence-electron chi connectivity index (χ4n) is 0.0577. The van der Waals surface area contributed by atoms with Crippen LogP contribution in [0.2, 0.25) is 0 Å². The Morgan fingerprint density at radius 2 is 1.75 bits per heavy atom. The molecule has 0 rings (SSSR count). The van der Waals surface area contributed by atoms with Crippen LogP contribution in [0.3, 0.4) is 0 Å². The Morgan fingerprint density at radius 1 is 1.50 bits per heavy atom. The van der Waals surface area contributed by atoms with E-state index in [1.54, 1.807) is 0 Å². The molecule has 0 aromatic rings. The van der Waals surface area contributed by atoms with Gasteiger partial charge in [-0.3, -0.25) is 0 Å². The van der Waals surface area contributed by atoms with Crippen molar-refractivity contribution in [2.75, 3.05) is 12.7 Å². The van der Waals surface area contributed by atoms with Crippen LogP contribution in [0.25, 0.3) is 0 Å². The molecule has 0 unspecified atom stereocenters. The van der Waals surface area contributed by atoms with E-state index in [0.29, 0.717) is 0 Å². The summed E-state index contributed by atoms with van der Waals surface area (Å²) in [6, 6.07) is 0. The summed E-state index contributed by atoms with van der Waals surface area (Å²) in [6.07, 6.45) is 0.354. The van der Waals surface area contributed by atoms with E-state index in [4.69, 9.17) is 20.1 Å². The van der Waals surface area contributed by atoms with Crippen LogP contribution in [0.4, 0.5) is 0 Å². The number of rotatable bonds is 2. The van der Waals surface area contributed by atoms with Crippen LogP contribution in [0.15, 0.2) is 0 Å². The van der Waals surface area contributed by atoms with Gasteiger partial charge in [-0.15, -0.1) is 0 Å². The van der Waals surface area contributed by atoms with E-state index in [2.05, 4.69) is 0 Å². The molecule has 2 N–H and O–H groups in total. The number of aliphatic hydroxyl groups excluding tert-OH is 2. The van der Waals surface area contributed by atoms with Crippen molar-refractivity contribution < 1.29 is 20.1 Å². The van der Waals surface area contributed by atoms with Crippen molar-refractivity contribution >= 4 is 15.1 Å². The van der Waals surface area contributed by atoms with Crippen molar-refractivity contribution in [3.63, 3.8) is 0 Å². The summed E-state index contributed by atoms with van der Waals surface area (Å²) in [5.74, 6) is 0. The third-order valence-corrected chi connectivity index (χ3v) is 0.775. The van der Waals surface area contributed by atoms with Gasteiger partial charge in [0.2, 0.25) is 0 Å². The summed E-state index contributed by atoms with van der Waals surface area (Å²) in [5.41, 5.74) is 0. The molecule has 0 aromatic carbocycles. The highest BCUT2D eigenvalue weighted by Crippen LogP contribution is 2.00. The molecule has 50 valence electrons. The second-order valence-corrected chi connectivity index (χ2v) is 2.06. The number of aliphatic hydroxyl groups is 2. The van der Waals surface area contributed by atoms with Crippen LogP contribution in [-0.2, 0) is 4.79 Å². The molecule has 0 aliphatic heterocycles. The first-order valence-corrected chi connectivity index (χ1v) is 3.55. The lowest BCUT2D eigenvalue weighted by atomic mass is 11.7. The minimum Gasteiger partial charge on any atom is -0.554 e. The van der Waals surface area contributed by atoms with Crippen LogP contribution < -0.4 is 5.11 Å². The van der Waals surface area contributed by atoms with E-state index in [1.807, 2.05) is 0 Å². The lowest BCUT2D eigenvalue weighted by Crippen LogP contribution is -2.01. The van der Waals surface area contributed by atoms with Gasteiger partial charge in [0.15, 0.2) is 12.7 Å². The van der Waals surface area contributed by atoms with E-state index >= 15 is 0 Å². The number of carbonyl (C=O) groups is 1. The zero-order valence-corrected chi connectivity index (χ0v) is 5.43. The summed E-state index contributed by atoms with van der Waals surface area (Å²) in [7, 11) is -0.0741. The molecule has 4 nitrogen and oxygen atoms in total. The topological polar surface area (TPSA) is 80.6 Å². The van der Waals surface area contributed by atoms with Crippen LogP contribution in [-0.4, -0.2) is 29.4 Å². The van der Waals surface area contributed by atoms with Gasteiger partial charge in [-0.2, -0.15) is 0 Å². The molecule has 0 aliphatic carbocycles. The third-order valence-electron chi connectivity index (χ3n) is 0.258. The quantitative estimate of drug-likeness (QED) is 0.333. The maximum absolute atomic E-state index is 8.25. The van der Waals surface area contributed by atoms with Crippen molar-refractivity contribution in [1.29, 1.82) is 0 Å². The molecule has 0 bridgehead atoms. The predicted molar refractivity (Wildman–Crippen MR) is 29.9 cm³/mol. The zero-order valence-electron chi connectivity index (χ0n) is 4.28. The maximum Gasteiger partial charge on any atom is 0.151 e. The molecular weight excluding hydrogens is 131 g/mol. The van der Waals surface area contributed by atoms with Crippen LogP contribution in [0.5, 0.6) is 0 Å². The van der Waals surface area contributed by atoms with Gasteiger partial charge in [0.25, 0.3) is 0 Å². The van der Waals surface area contributed by atoms with Crippen molar-refractivity contribution in [3.8, 4) is 0 Å². The van der Waals surface area contributed by atoms with Gasteiger partial charge in [0.05, 0.1) is 0 Å². The Kier molecular flexibility index (Phi) is 21.2. The van der Waals surface area contributed by atoms with Crippen molar-refractivity contribution in [2.45, 2.75) is 0 Å². The summed E-state index contributed by atoms with van der Waals surface area (Å²) >= 11 is 0. The number of hydrogen-bond donors (Lipinski definition) is 2. The summed E-state index contributed by atoms with van der Waals surface area (Å²) in [6.45, 7) is -0.500.